The number of piperidine rings is 1. The summed E-state index contributed by atoms with van der Waals surface area (Å²) in [6.07, 6.45) is 0.634. The summed E-state index contributed by atoms with van der Waals surface area (Å²) < 4.78 is 0. The second kappa shape index (κ2) is 6.38. The van der Waals surface area contributed by atoms with Crippen LogP contribution in [-0.2, 0) is 14.4 Å². The first-order valence-electron chi connectivity index (χ1n) is 5.96. The third-order valence-corrected chi connectivity index (χ3v) is 3.70. The van der Waals surface area contributed by atoms with Crippen molar-refractivity contribution >= 4 is 29.5 Å². The molecule has 100 valence electrons. The molecule has 19 heavy (non-hydrogen) atoms. The number of thioether (sulfide) groups is 1. The fourth-order valence-electron chi connectivity index (χ4n) is 1.73. The lowest BCUT2D eigenvalue weighted by Gasteiger charge is -2.21. The van der Waals surface area contributed by atoms with Gasteiger partial charge in [0, 0.05) is 11.3 Å². The smallest absolute Gasteiger partial charge is 0.249 e. The van der Waals surface area contributed by atoms with E-state index in [1.807, 2.05) is 30.3 Å². The molecule has 2 N–H and O–H groups in total. The van der Waals surface area contributed by atoms with Crippen LogP contribution in [0.25, 0.3) is 0 Å². The number of hydrogen-bond donors (Lipinski definition) is 2. The fraction of sp³-hybridized carbons (Fsp3) is 0.308. The molecule has 1 atom stereocenters. The molecule has 0 radical (unpaired) electrons. The van der Waals surface area contributed by atoms with Crippen LogP contribution in [0.3, 0.4) is 0 Å². The molecule has 1 aliphatic rings. The largest absolute Gasteiger partial charge is 0.344 e. The molecule has 1 aromatic carbocycles. The number of rotatable bonds is 4. The second-order valence-corrected chi connectivity index (χ2v) is 5.22. The standard InChI is InChI=1S/C13H14N2O3S/c16-11-7-6-10(13(18)15-11)14-12(17)8-19-9-4-2-1-3-5-9/h1-5,10H,6-8H2,(H,14,17)(H,15,16,18). The maximum absolute atomic E-state index is 11.7. The minimum Gasteiger partial charge on any atom is -0.344 e. The first-order valence-corrected chi connectivity index (χ1v) is 6.94. The van der Waals surface area contributed by atoms with Crippen molar-refractivity contribution < 1.29 is 14.4 Å². The van der Waals surface area contributed by atoms with Crippen LogP contribution in [0.2, 0.25) is 0 Å². The highest BCUT2D eigenvalue weighted by Gasteiger charge is 2.27. The Hall–Kier alpha value is -1.82. The Balaban J connectivity index is 1.78. The highest BCUT2D eigenvalue weighted by molar-refractivity contribution is 8.00. The van der Waals surface area contributed by atoms with Gasteiger partial charge >= 0.3 is 0 Å². The molecule has 1 aliphatic heterocycles. The molecule has 0 aliphatic carbocycles. The van der Waals surface area contributed by atoms with Crippen molar-refractivity contribution in [3.63, 3.8) is 0 Å². The van der Waals surface area contributed by atoms with Gasteiger partial charge in [-0.2, -0.15) is 0 Å². The van der Waals surface area contributed by atoms with Gasteiger partial charge in [0.1, 0.15) is 6.04 Å². The van der Waals surface area contributed by atoms with E-state index in [9.17, 15) is 14.4 Å². The minimum absolute atomic E-state index is 0.205. The molecule has 0 aromatic heterocycles. The summed E-state index contributed by atoms with van der Waals surface area (Å²) in [7, 11) is 0. The molecule has 1 fully saturated rings. The van der Waals surface area contributed by atoms with Gasteiger partial charge in [0.15, 0.2) is 0 Å². The number of benzene rings is 1. The number of carbonyl (C=O) groups excluding carboxylic acids is 3. The SMILES string of the molecule is O=C1CCC(NC(=O)CSc2ccccc2)C(=O)N1. The van der Waals surface area contributed by atoms with E-state index in [4.69, 9.17) is 0 Å². The van der Waals surface area contributed by atoms with Gasteiger partial charge in [0.25, 0.3) is 0 Å². The molecule has 0 saturated carbocycles. The van der Waals surface area contributed by atoms with Crippen LogP contribution in [-0.4, -0.2) is 29.5 Å². The number of amides is 3. The van der Waals surface area contributed by atoms with Crippen molar-refractivity contribution in [3.05, 3.63) is 30.3 Å². The van der Waals surface area contributed by atoms with Crippen molar-refractivity contribution in [1.82, 2.24) is 10.6 Å². The van der Waals surface area contributed by atoms with Crippen molar-refractivity contribution in [3.8, 4) is 0 Å². The van der Waals surface area contributed by atoms with Crippen LogP contribution in [0, 0.1) is 0 Å². The van der Waals surface area contributed by atoms with Gasteiger partial charge in [-0.1, -0.05) is 18.2 Å². The Labute approximate surface area is 115 Å². The van der Waals surface area contributed by atoms with Gasteiger partial charge in [-0.25, -0.2) is 0 Å². The minimum atomic E-state index is -0.596. The summed E-state index contributed by atoms with van der Waals surface area (Å²) in [5.41, 5.74) is 0. The molecule has 1 aromatic rings. The summed E-state index contributed by atoms with van der Waals surface area (Å²) in [5.74, 6) is -0.659. The predicted octanol–water partition coefficient (Wildman–Crippen LogP) is 0.700. The number of hydrogen-bond acceptors (Lipinski definition) is 4. The zero-order valence-electron chi connectivity index (χ0n) is 10.2. The van der Waals surface area contributed by atoms with Crippen LogP contribution in [0.4, 0.5) is 0 Å². The topological polar surface area (TPSA) is 75.3 Å². The Bertz CT molecular complexity index is 490. The average Bonchev–Trinajstić information content (AvgIpc) is 2.41. The predicted molar refractivity (Wildman–Crippen MR) is 71.5 cm³/mol. The summed E-state index contributed by atoms with van der Waals surface area (Å²) in [6.45, 7) is 0. The molecule has 6 heteroatoms. The van der Waals surface area contributed by atoms with Crippen molar-refractivity contribution in [2.24, 2.45) is 0 Å². The molecule has 1 unspecified atom stereocenters. The molecule has 0 spiro atoms. The van der Waals surface area contributed by atoms with E-state index >= 15 is 0 Å². The van der Waals surface area contributed by atoms with E-state index in [1.165, 1.54) is 11.8 Å². The van der Waals surface area contributed by atoms with E-state index in [0.717, 1.165) is 4.90 Å². The maximum atomic E-state index is 11.7. The molecule has 1 saturated heterocycles. The first kappa shape index (κ1) is 13.6. The normalized spacial score (nSPS) is 18.8. The monoisotopic (exact) mass is 278 g/mol. The molecule has 2 rings (SSSR count). The Morgan fingerprint density at radius 2 is 2.05 bits per heavy atom. The van der Waals surface area contributed by atoms with E-state index in [1.54, 1.807) is 0 Å². The van der Waals surface area contributed by atoms with Crippen molar-refractivity contribution in [1.29, 1.82) is 0 Å². The molecule has 3 amide bonds. The van der Waals surface area contributed by atoms with Crippen LogP contribution < -0.4 is 10.6 Å². The van der Waals surface area contributed by atoms with E-state index in [0.29, 0.717) is 6.42 Å². The second-order valence-electron chi connectivity index (χ2n) is 4.17. The molecular weight excluding hydrogens is 264 g/mol. The van der Waals surface area contributed by atoms with Gasteiger partial charge in [-0.3, -0.25) is 19.7 Å². The Morgan fingerprint density at radius 1 is 1.32 bits per heavy atom. The summed E-state index contributed by atoms with van der Waals surface area (Å²) in [4.78, 5) is 35.1. The summed E-state index contributed by atoms with van der Waals surface area (Å²) in [6, 6.07) is 8.96. The Morgan fingerprint density at radius 3 is 2.74 bits per heavy atom. The zero-order chi connectivity index (χ0) is 13.7. The third-order valence-electron chi connectivity index (χ3n) is 2.69. The van der Waals surface area contributed by atoms with E-state index < -0.39 is 11.9 Å². The number of nitrogens with one attached hydrogen (secondary N) is 2. The molecule has 1 heterocycles. The highest BCUT2D eigenvalue weighted by Crippen LogP contribution is 2.16. The fourth-order valence-corrected chi connectivity index (χ4v) is 2.46. The lowest BCUT2D eigenvalue weighted by Crippen LogP contribution is -2.52. The summed E-state index contributed by atoms with van der Waals surface area (Å²) in [5, 5.41) is 4.84. The van der Waals surface area contributed by atoms with E-state index in [-0.39, 0.29) is 24.0 Å². The lowest BCUT2D eigenvalue weighted by atomic mass is 10.1. The molecule has 5 nitrogen and oxygen atoms in total. The lowest BCUT2D eigenvalue weighted by molar-refractivity contribution is -0.136. The van der Waals surface area contributed by atoms with Gasteiger partial charge in [0.05, 0.1) is 5.75 Å². The van der Waals surface area contributed by atoms with E-state index in [2.05, 4.69) is 10.6 Å². The van der Waals surface area contributed by atoms with Gasteiger partial charge < -0.3 is 5.32 Å². The van der Waals surface area contributed by atoms with Crippen LogP contribution in [0.1, 0.15) is 12.8 Å². The van der Waals surface area contributed by atoms with Crippen LogP contribution >= 0.6 is 11.8 Å². The molecule has 0 bridgehead atoms. The molecular formula is C13H14N2O3S. The maximum Gasteiger partial charge on any atom is 0.249 e. The average molecular weight is 278 g/mol. The number of carbonyl (C=O) groups is 3. The van der Waals surface area contributed by atoms with Crippen molar-refractivity contribution in [2.45, 2.75) is 23.8 Å². The van der Waals surface area contributed by atoms with Gasteiger partial charge in [0.2, 0.25) is 17.7 Å². The first-order chi connectivity index (χ1) is 9.15. The Kier molecular flexibility index (Phi) is 4.57. The van der Waals surface area contributed by atoms with Gasteiger partial charge in [-0.05, 0) is 18.6 Å². The van der Waals surface area contributed by atoms with Crippen LogP contribution in [0.15, 0.2) is 35.2 Å². The quantitative estimate of drug-likeness (QED) is 0.628. The zero-order valence-corrected chi connectivity index (χ0v) is 11.0. The van der Waals surface area contributed by atoms with Crippen molar-refractivity contribution in [2.75, 3.05) is 5.75 Å². The van der Waals surface area contributed by atoms with Gasteiger partial charge in [-0.15, -0.1) is 11.8 Å². The third kappa shape index (κ3) is 4.10. The van der Waals surface area contributed by atoms with Crippen LogP contribution in [0.5, 0.6) is 0 Å². The summed E-state index contributed by atoms with van der Waals surface area (Å²) >= 11 is 1.41. The number of imide groups is 1. The highest BCUT2D eigenvalue weighted by atomic mass is 32.2.